The summed E-state index contributed by atoms with van der Waals surface area (Å²) in [7, 11) is 0. The van der Waals surface area contributed by atoms with Gasteiger partial charge in [-0.15, -0.1) is 0 Å². The minimum absolute atomic E-state index is 0.0521. The quantitative estimate of drug-likeness (QED) is 0.855. The van der Waals surface area contributed by atoms with Gasteiger partial charge in [-0.1, -0.05) is 18.2 Å². The van der Waals surface area contributed by atoms with Crippen LogP contribution in [0.1, 0.15) is 29.9 Å². The lowest BCUT2D eigenvalue weighted by molar-refractivity contribution is -0.137. The van der Waals surface area contributed by atoms with Crippen LogP contribution in [0.2, 0.25) is 0 Å². The average Bonchev–Trinajstić information content (AvgIpc) is 2.83. The van der Waals surface area contributed by atoms with Crippen molar-refractivity contribution in [1.29, 1.82) is 0 Å². The molecule has 0 bridgehead atoms. The van der Waals surface area contributed by atoms with Crippen molar-refractivity contribution in [2.75, 3.05) is 19.8 Å². The Kier molecular flexibility index (Phi) is 3.98. The smallest absolute Gasteiger partial charge is 0.220 e. The Morgan fingerprint density at radius 2 is 2.00 bits per heavy atom. The molecule has 5 heteroatoms. The van der Waals surface area contributed by atoms with Crippen LogP contribution >= 0.6 is 0 Å². The predicted molar refractivity (Wildman–Crippen MR) is 84.0 cm³/mol. The predicted octanol–water partition coefficient (Wildman–Crippen LogP) is 2.41. The first-order valence-electron chi connectivity index (χ1n) is 7.56. The second-order valence-electron chi connectivity index (χ2n) is 5.63. The Bertz CT molecular complexity index is 679. The van der Waals surface area contributed by atoms with Crippen LogP contribution in [-0.4, -0.2) is 40.3 Å². The van der Waals surface area contributed by atoms with Crippen molar-refractivity contribution in [3.8, 4) is 5.69 Å². The highest BCUT2D eigenvalue weighted by atomic mass is 16.5. The molecule has 1 atom stereocenters. The summed E-state index contributed by atoms with van der Waals surface area (Å²) in [6, 6.07) is 9.99. The van der Waals surface area contributed by atoms with Crippen molar-refractivity contribution >= 4 is 5.91 Å². The van der Waals surface area contributed by atoms with Gasteiger partial charge in [0.1, 0.15) is 0 Å². The number of aryl methyl sites for hydroxylation is 1. The largest absolute Gasteiger partial charge is 0.377 e. The van der Waals surface area contributed by atoms with Gasteiger partial charge in [-0.05, 0) is 26.0 Å². The lowest BCUT2D eigenvalue weighted by atomic mass is 10.0. The number of ether oxygens (including phenoxy) is 1. The summed E-state index contributed by atoms with van der Waals surface area (Å²) < 4.78 is 7.55. The highest BCUT2D eigenvalue weighted by Gasteiger charge is 2.31. The van der Waals surface area contributed by atoms with Crippen molar-refractivity contribution in [1.82, 2.24) is 14.7 Å². The van der Waals surface area contributed by atoms with E-state index in [1.54, 1.807) is 6.92 Å². The Morgan fingerprint density at radius 3 is 2.68 bits per heavy atom. The minimum Gasteiger partial charge on any atom is -0.377 e. The molecule has 2 aromatic rings. The van der Waals surface area contributed by atoms with Gasteiger partial charge in [0, 0.05) is 24.7 Å². The first-order chi connectivity index (χ1) is 10.6. The summed E-state index contributed by atoms with van der Waals surface area (Å²) in [6.07, 6.45) is 0. The Morgan fingerprint density at radius 1 is 1.27 bits per heavy atom. The summed E-state index contributed by atoms with van der Waals surface area (Å²) in [6.45, 7) is 7.42. The van der Waals surface area contributed by atoms with Gasteiger partial charge in [0.15, 0.2) is 0 Å². The van der Waals surface area contributed by atoms with Crippen LogP contribution in [0.4, 0.5) is 0 Å². The number of benzene rings is 1. The molecule has 1 aromatic carbocycles. The van der Waals surface area contributed by atoms with E-state index in [0.717, 1.165) is 22.6 Å². The number of aromatic nitrogens is 2. The number of carbonyl (C=O) groups is 1. The van der Waals surface area contributed by atoms with E-state index in [2.05, 4.69) is 12.0 Å². The third kappa shape index (κ3) is 2.52. The van der Waals surface area contributed by atoms with Crippen molar-refractivity contribution in [2.45, 2.75) is 26.8 Å². The van der Waals surface area contributed by atoms with E-state index in [1.807, 2.05) is 46.8 Å². The summed E-state index contributed by atoms with van der Waals surface area (Å²) in [4.78, 5) is 13.8. The lowest BCUT2D eigenvalue weighted by Gasteiger charge is -2.35. The van der Waals surface area contributed by atoms with E-state index in [0.29, 0.717) is 19.8 Å². The summed E-state index contributed by atoms with van der Waals surface area (Å²) in [5.41, 5.74) is 4.13. The maximum atomic E-state index is 11.9. The normalized spacial score (nSPS) is 18.5. The zero-order chi connectivity index (χ0) is 15.7. The maximum Gasteiger partial charge on any atom is 0.220 e. The molecule has 0 radical (unpaired) electrons. The lowest BCUT2D eigenvalue weighted by Crippen LogP contribution is -2.42. The second kappa shape index (κ2) is 5.93. The number of hydrogen-bond donors (Lipinski definition) is 0. The molecule has 1 unspecified atom stereocenters. The average molecular weight is 299 g/mol. The van der Waals surface area contributed by atoms with Gasteiger partial charge in [-0.25, -0.2) is 4.68 Å². The number of nitrogens with zero attached hydrogens (tertiary/aromatic N) is 3. The van der Waals surface area contributed by atoms with Gasteiger partial charge in [-0.2, -0.15) is 5.10 Å². The number of morpholine rings is 1. The third-order valence-corrected chi connectivity index (χ3v) is 4.21. The molecule has 0 saturated carbocycles. The molecule has 1 aliphatic heterocycles. The first-order valence-corrected chi connectivity index (χ1v) is 7.56. The first kappa shape index (κ1) is 14.8. The van der Waals surface area contributed by atoms with Gasteiger partial charge < -0.3 is 9.64 Å². The molecule has 1 amide bonds. The van der Waals surface area contributed by atoms with Gasteiger partial charge in [-0.3, -0.25) is 4.79 Å². The Labute approximate surface area is 130 Å². The maximum absolute atomic E-state index is 11.9. The van der Waals surface area contributed by atoms with Crippen molar-refractivity contribution < 1.29 is 9.53 Å². The highest BCUT2D eigenvalue weighted by Crippen LogP contribution is 2.30. The van der Waals surface area contributed by atoms with Crippen LogP contribution in [0.3, 0.4) is 0 Å². The minimum atomic E-state index is -0.0521. The zero-order valence-corrected chi connectivity index (χ0v) is 13.2. The van der Waals surface area contributed by atoms with E-state index in [4.69, 9.17) is 4.74 Å². The standard InChI is InChI=1S/C17H21N3O2/c1-12-17(16-11-22-10-9-19(16)14(3)21)13(2)20(18-12)15-7-5-4-6-8-15/h4-8,16H,9-11H2,1-3H3. The molecule has 1 fully saturated rings. The van der Waals surface area contributed by atoms with E-state index in [1.165, 1.54) is 0 Å². The van der Waals surface area contributed by atoms with Crippen LogP contribution in [0.15, 0.2) is 30.3 Å². The van der Waals surface area contributed by atoms with Gasteiger partial charge in [0.25, 0.3) is 0 Å². The Balaban J connectivity index is 2.04. The van der Waals surface area contributed by atoms with Gasteiger partial charge in [0.2, 0.25) is 5.91 Å². The molecule has 5 nitrogen and oxygen atoms in total. The van der Waals surface area contributed by atoms with Crippen molar-refractivity contribution in [3.63, 3.8) is 0 Å². The van der Waals surface area contributed by atoms with Crippen LogP contribution < -0.4 is 0 Å². The molecule has 0 aliphatic carbocycles. The van der Waals surface area contributed by atoms with Crippen molar-refractivity contribution in [3.05, 3.63) is 47.3 Å². The summed E-state index contributed by atoms with van der Waals surface area (Å²) in [5.74, 6) is 0.0829. The fraction of sp³-hybridized carbons (Fsp3) is 0.412. The summed E-state index contributed by atoms with van der Waals surface area (Å²) in [5, 5.41) is 4.67. The second-order valence-corrected chi connectivity index (χ2v) is 5.63. The van der Waals surface area contributed by atoms with E-state index in [-0.39, 0.29) is 11.9 Å². The number of hydrogen-bond acceptors (Lipinski definition) is 3. The van der Waals surface area contributed by atoms with Crippen LogP contribution in [-0.2, 0) is 9.53 Å². The monoisotopic (exact) mass is 299 g/mol. The fourth-order valence-corrected chi connectivity index (χ4v) is 3.18. The number of carbonyl (C=O) groups excluding carboxylic acids is 1. The molecular formula is C17H21N3O2. The molecular weight excluding hydrogens is 278 g/mol. The SMILES string of the molecule is CC(=O)N1CCOCC1c1c(C)nn(-c2ccccc2)c1C. The van der Waals surface area contributed by atoms with Crippen molar-refractivity contribution in [2.24, 2.45) is 0 Å². The van der Waals surface area contributed by atoms with E-state index in [9.17, 15) is 4.79 Å². The molecule has 116 valence electrons. The van der Waals surface area contributed by atoms with Gasteiger partial charge in [0.05, 0.1) is 30.6 Å². The molecule has 22 heavy (non-hydrogen) atoms. The third-order valence-electron chi connectivity index (χ3n) is 4.21. The van der Waals surface area contributed by atoms with Gasteiger partial charge >= 0.3 is 0 Å². The highest BCUT2D eigenvalue weighted by molar-refractivity contribution is 5.74. The molecule has 1 aliphatic rings. The molecule has 2 heterocycles. The zero-order valence-electron chi connectivity index (χ0n) is 13.2. The number of para-hydroxylation sites is 1. The number of amides is 1. The summed E-state index contributed by atoms with van der Waals surface area (Å²) >= 11 is 0. The van der Waals surface area contributed by atoms with Crippen LogP contribution in [0, 0.1) is 13.8 Å². The number of rotatable bonds is 2. The molecule has 1 aromatic heterocycles. The fourth-order valence-electron chi connectivity index (χ4n) is 3.18. The van der Waals surface area contributed by atoms with E-state index < -0.39 is 0 Å². The Hall–Kier alpha value is -2.14. The van der Waals surface area contributed by atoms with Crippen LogP contribution in [0.25, 0.3) is 5.69 Å². The molecule has 1 saturated heterocycles. The molecule has 3 rings (SSSR count). The van der Waals surface area contributed by atoms with E-state index >= 15 is 0 Å². The van der Waals surface area contributed by atoms with Crippen LogP contribution in [0.5, 0.6) is 0 Å². The topological polar surface area (TPSA) is 47.4 Å². The molecule has 0 spiro atoms. The molecule has 0 N–H and O–H groups in total.